The number of rotatable bonds is 2. The van der Waals surface area contributed by atoms with Gasteiger partial charge in [0.1, 0.15) is 6.04 Å². The molecule has 0 N–H and O–H groups in total. The number of hydrogen-bond donors (Lipinski definition) is 0. The first kappa shape index (κ1) is 14.5. The Morgan fingerprint density at radius 1 is 1.14 bits per heavy atom. The van der Waals surface area contributed by atoms with Gasteiger partial charge in [0.2, 0.25) is 5.91 Å². The van der Waals surface area contributed by atoms with E-state index in [-0.39, 0.29) is 11.9 Å². The summed E-state index contributed by atoms with van der Waals surface area (Å²) in [4.78, 5) is 14.8. The van der Waals surface area contributed by atoms with Crippen molar-refractivity contribution in [3.8, 4) is 0 Å². The highest BCUT2D eigenvalue weighted by molar-refractivity contribution is 6.35. The highest BCUT2D eigenvalue weighted by Crippen LogP contribution is 2.28. The molecule has 1 saturated heterocycles. The van der Waals surface area contributed by atoms with Gasteiger partial charge in [0.15, 0.2) is 0 Å². The van der Waals surface area contributed by atoms with Gasteiger partial charge in [-0.3, -0.25) is 4.79 Å². The van der Waals surface area contributed by atoms with E-state index < -0.39 is 0 Å². The van der Waals surface area contributed by atoms with E-state index in [0.717, 1.165) is 36.8 Å². The molecular formula is C17H21ClN2O. The van der Waals surface area contributed by atoms with Gasteiger partial charge in [-0.15, -0.1) is 0 Å². The molecule has 1 aliphatic heterocycles. The quantitative estimate of drug-likeness (QED) is 0.814. The lowest BCUT2D eigenvalue weighted by Crippen LogP contribution is -2.36. The Balaban J connectivity index is 1.89. The Morgan fingerprint density at radius 3 is 2.57 bits per heavy atom. The molecule has 0 spiro atoms. The smallest absolute Gasteiger partial charge is 0.245 e. The van der Waals surface area contributed by atoms with Crippen LogP contribution >= 0.6 is 11.6 Å². The van der Waals surface area contributed by atoms with E-state index in [9.17, 15) is 4.79 Å². The standard InChI is InChI=1S/C17H21ClN2O/c1-13(17(21)19-10-4-2-3-5-11-19)20-12-9-14-7-6-8-15(18)16(14)20/h6-9,12-13H,2-5,10-11H2,1H3. The van der Waals surface area contributed by atoms with Crippen LogP contribution in [0.4, 0.5) is 0 Å². The third-order valence-electron chi connectivity index (χ3n) is 4.38. The first-order chi connectivity index (χ1) is 10.2. The maximum absolute atomic E-state index is 12.8. The van der Waals surface area contributed by atoms with Gasteiger partial charge in [-0.2, -0.15) is 0 Å². The average Bonchev–Trinajstić information content (AvgIpc) is 2.74. The van der Waals surface area contributed by atoms with Gasteiger partial charge in [0.05, 0.1) is 10.5 Å². The minimum atomic E-state index is -0.208. The fourth-order valence-electron chi connectivity index (χ4n) is 3.17. The summed E-state index contributed by atoms with van der Waals surface area (Å²) < 4.78 is 2.00. The molecule has 1 aromatic carbocycles. The normalized spacial score (nSPS) is 17.7. The van der Waals surface area contributed by atoms with Crippen LogP contribution in [0.15, 0.2) is 30.5 Å². The van der Waals surface area contributed by atoms with Crippen molar-refractivity contribution in [2.24, 2.45) is 0 Å². The monoisotopic (exact) mass is 304 g/mol. The first-order valence-electron chi connectivity index (χ1n) is 7.72. The maximum atomic E-state index is 12.8. The minimum absolute atomic E-state index is 0.203. The van der Waals surface area contributed by atoms with Crippen molar-refractivity contribution in [3.63, 3.8) is 0 Å². The average molecular weight is 305 g/mol. The number of aromatic nitrogens is 1. The molecule has 0 saturated carbocycles. The third-order valence-corrected chi connectivity index (χ3v) is 4.69. The predicted molar refractivity (Wildman–Crippen MR) is 86.7 cm³/mol. The van der Waals surface area contributed by atoms with Gasteiger partial charge in [0.25, 0.3) is 0 Å². The number of amides is 1. The van der Waals surface area contributed by atoms with Crippen LogP contribution in [0.25, 0.3) is 10.9 Å². The largest absolute Gasteiger partial charge is 0.341 e. The number of nitrogens with zero attached hydrogens (tertiary/aromatic N) is 2. The van der Waals surface area contributed by atoms with Gasteiger partial charge in [-0.1, -0.05) is 36.6 Å². The molecule has 1 atom stereocenters. The van der Waals surface area contributed by atoms with Crippen molar-refractivity contribution in [2.75, 3.05) is 13.1 Å². The van der Waals surface area contributed by atoms with Gasteiger partial charge >= 0.3 is 0 Å². The summed E-state index contributed by atoms with van der Waals surface area (Å²) in [6, 6.07) is 7.66. The van der Waals surface area contributed by atoms with E-state index in [4.69, 9.17) is 11.6 Å². The molecule has 2 heterocycles. The van der Waals surface area contributed by atoms with Crippen LogP contribution in [0.5, 0.6) is 0 Å². The molecule has 3 rings (SSSR count). The van der Waals surface area contributed by atoms with E-state index in [1.165, 1.54) is 12.8 Å². The van der Waals surface area contributed by atoms with Crippen molar-refractivity contribution in [3.05, 3.63) is 35.5 Å². The maximum Gasteiger partial charge on any atom is 0.245 e. The van der Waals surface area contributed by atoms with Crippen molar-refractivity contribution < 1.29 is 4.79 Å². The zero-order chi connectivity index (χ0) is 14.8. The number of hydrogen-bond acceptors (Lipinski definition) is 1. The Labute approximate surface area is 130 Å². The van der Waals surface area contributed by atoms with Crippen LogP contribution in [0.2, 0.25) is 5.02 Å². The summed E-state index contributed by atoms with van der Waals surface area (Å²) in [6.07, 6.45) is 6.67. The summed E-state index contributed by atoms with van der Waals surface area (Å²) in [5.41, 5.74) is 0.954. The molecule has 1 amide bonds. The van der Waals surface area contributed by atoms with Gasteiger partial charge in [-0.05, 0) is 31.9 Å². The lowest BCUT2D eigenvalue weighted by atomic mass is 10.2. The molecular weight excluding hydrogens is 284 g/mol. The third kappa shape index (κ3) is 2.80. The first-order valence-corrected chi connectivity index (χ1v) is 8.10. The van der Waals surface area contributed by atoms with E-state index in [0.29, 0.717) is 5.02 Å². The molecule has 0 radical (unpaired) electrons. The van der Waals surface area contributed by atoms with Crippen LogP contribution in [0, 0.1) is 0 Å². The highest BCUT2D eigenvalue weighted by Gasteiger charge is 2.23. The fraction of sp³-hybridized carbons (Fsp3) is 0.471. The number of halogens is 1. The van der Waals surface area contributed by atoms with Crippen molar-refractivity contribution in [1.82, 2.24) is 9.47 Å². The van der Waals surface area contributed by atoms with E-state index in [1.807, 2.05) is 46.9 Å². The van der Waals surface area contributed by atoms with E-state index in [2.05, 4.69) is 0 Å². The van der Waals surface area contributed by atoms with Crippen LogP contribution < -0.4 is 0 Å². The topological polar surface area (TPSA) is 25.2 Å². The van der Waals surface area contributed by atoms with Gasteiger partial charge < -0.3 is 9.47 Å². The molecule has 2 aromatic rings. The number of likely N-dealkylation sites (tertiary alicyclic amines) is 1. The van der Waals surface area contributed by atoms with Crippen LogP contribution in [-0.4, -0.2) is 28.5 Å². The molecule has 1 aromatic heterocycles. The molecule has 1 fully saturated rings. The number of benzene rings is 1. The van der Waals surface area contributed by atoms with Crippen molar-refractivity contribution in [1.29, 1.82) is 0 Å². The molecule has 21 heavy (non-hydrogen) atoms. The predicted octanol–water partition coefficient (Wildman–Crippen LogP) is 4.26. The SMILES string of the molecule is CC(C(=O)N1CCCCCC1)n1ccc2cccc(Cl)c21. The second-order valence-corrected chi connectivity index (χ2v) is 6.22. The zero-order valence-corrected chi connectivity index (χ0v) is 13.1. The van der Waals surface area contributed by atoms with Crippen molar-refractivity contribution in [2.45, 2.75) is 38.6 Å². The lowest BCUT2D eigenvalue weighted by molar-refractivity contribution is -0.134. The van der Waals surface area contributed by atoms with Crippen LogP contribution in [-0.2, 0) is 4.79 Å². The molecule has 1 aliphatic rings. The summed E-state index contributed by atoms with van der Waals surface area (Å²) in [7, 11) is 0. The number of carbonyl (C=O) groups excluding carboxylic acids is 1. The number of para-hydroxylation sites is 1. The second kappa shape index (κ2) is 6.10. The number of fused-ring (bicyclic) bond motifs is 1. The Morgan fingerprint density at radius 2 is 1.86 bits per heavy atom. The molecule has 1 unspecified atom stereocenters. The van der Waals surface area contributed by atoms with Crippen LogP contribution in [0.1, 0.15) is 38.6 Å². The van der Waals surface area contributed by atoms with Gasteiger partial charge in [0, 0.05) is 24.7 Å². The molecule has 112 valence electrons. The fourth-order valence-corrected chi connectivity index (χ4v) is 3.45. The zero-order valence-electron chi connectivity index (χ0n) is 12.4. The molecule has 0 aliphatic carbocycles. The van der Waals surface area contributed by atoms with Crippen LogP contribution in [0.3, 0.4) is 0 Å². The highest BCUT2D eigenvalue weighted by atomic mass is 35.5. The van der Waals surface area contributed by atoms with E-state index in [1.54, 1.807) is 0 Å². The molecule has 4 heteroatoms. The summed E-state index contributed by atoms with van der Waals surface area (Å²) in [6.45, 7) is 3.74. The van der Waals surface area contributed by atoms with Gasteiger partial charge in [-0.25, -0.2) is 0 Å². The summed E-state index contributed by atoms with van der Waals surface area (Å²) >= 11 is 6.32. The minimum Gasteiger partial charge on any atom is -0.341 e. The summed E-state index contributed by atoms with van der Waals surface area (Å²) in [5.74, 6) is 0.203. The second-order valence-electron chi connectivity index (χ2n) is 5.82. The Kier molecular flexibility index (Phi) is 4.20. The lowest BCUT2D eigenvalue weighted by Gasteiger charge is -2.25. The Hall–Kier alpha value is -1.48. The van der Waals surface area contributed by atoms with E-state index >= 15 is 0 Å². The Bertz CT molecular complexity index is 641. The summed E-state index contributed by atoms with van der Waals surface area (Å²) in [5, 5.41) is 1.78. The molecule has 0 bridgehead atoms. The number of carbonyl (C=O) groups is 1. The van der Waals surface area contributed by atoms with Crippen molar-refractivity contribution >= 4 is 28.4 Å². The molecule has 3 nitrogen and oxygen atoms in total.